The van der Waals surface area contributed by atoms with E-state index in [-0.39, 0.29) is 0 Å². The molecule has 0 atom stereocenters. The molecule has 0 aliphatic rings. The van der Waals surface area contributed by atoms with Crippen LogP contribution in [0, 0.1) is 0 Å². The Balaban J connectivity index is 1.70. The van der Waals surface area contributed by atoms with Crippen LogP contribution in [0.4, 0.5) is 20.7 Å². The lowest BCUT2D eigenvalue weighted by molar-refractivity contribution is 0.262. The second kappa shape index (κ2) is 8.19. The minimum absolute atomic E-state index is 0.291. The molecule has 3 rings (SSSR count). The largest absolute Gasteiger partial charge is 0.497 e. The van der Waals surface area contributed by atoms with E-state index in [2.05, 4.69) is 20.8 Å². The van der Waals surface area contributed by atoms with E-state index in [4.69, 9.17) is 9.47 Å². The molecule has 2 amide bonds. The average Bonchev–Trinajstić information content (AvgIpc) is 3.04. The number of halogens is 1. The monoisotopic (exact) mass is 358 g/mol. The van der Waals surface area contributed by atoms with Gasteiger partial charge >= 0.3 is 6.03 Å². The van der Waals surface area contributed by atoms with Crippen molar-refractivity contribution >= 4 is 28.4 Å². The number of ether oxygens (including phenoxy) is 2. The van der Waals surface area contributed by atoms with Crippen LogP contribution in [0.15, 0.2) is 42.5 Å². The van der Waals surface area contributed by atoms with Gasteiger partial charge in [-0.05, 0) is 30.3 Å². The maximum atomic E-state index is 12.2. The van der Waals surface area contributed by atoms with Crippen molar-refractivity contribution in [1.29, 1.82) is 0 Å². The molecule has 0 saturated carbocycles. The Bertz CT molecular complexity index is 897. The highest BCUT2D eigenvalue weighted by Crippen LogP contribution is 2.26. The summed E-state index contributed by atoms with van der Waals surface area (Å²) in [5, 5.41) is 13.1. The van der Waals surface area contributed by atoms with Gasteiger partial charge < -0.3 is 14.8 Å². The number of hydrogen-bond donors (Lipinski definition) is 3. The van der Waals surface area contributed by atoms with Crippen molar-refractivity contribution in [3.8, 4) is 11.5 Å². The van der Waals surface area contributed by atoms with Crippen LogP contribution in [0.3, 0.4) is 0 Å². The number of nitrogens with one attached hydrogen (secondary N) is 3. The Labute approximate surface area is 149 Å². The van der Waals surface area contributed by atoms with E-state index in [1.165, 1.54) is 0 Å². The van der Waals surface area contributed by atoms with Crippen LogP contribution in [0.5, 0.6) is 11.5 Å². The minimum atomic E-state index is -0.435. The first-order chi connectivity index (χ1) is 12.7. The predicted molar refractivity (Wildman–Crippen MR) is 97.8 cm³/mol. The summed E-state index contributed by atoms with van der Waals surface area (Å²) in [4.78, 5) is 12.2. The minimum Gasteiger partial charge on any atom is -0.497 e. The van der Waals surface area contributed by atoms with Crippen molar-refractivity contribution in [3.05, 3.63) is 42.5 Å². The van der Waals surface area contributed by atoms with E-state index in [0.717, 1.165) is 5.52 Å². The highest BCUT2D eigenvalue weighted by atomic mass is 19.1. The number of methoxy groups -OCH3 is 1. The van der Waals surface area contributed by atoms with Crippen LogP contribution >= 0.6 is 0 Å². The molecule has 3 aromatic rings. The molecule has 0 aliphatic heterocycles. The number of anilines is 2. The quantitative estimate of drug-likeness (QED) is 0.558. The summed E-state index contributed by atoms with van der Waals surface area (Å²) in [7, 11) is 1.56. The predicted octanol–water partition coefficient (Wildman–Crippen LogP) is 3.95. The van der Waals surface area contributed by atoms with Crippen molar-refractivity contribution in [1.82, 2.24) is 10.2 Å². The standard InChI is InChI=1S/C18H19FN4O3/c1-25-13-5-2-4-12(10-13)20-18(24)21-17-15-11-14(26-9-3-8-19)6-7-16(15)22-23-17/h2,4-7,10-11H,3,8-9H2,1H3,(H3,20,21,22,23,24). The number of amides is 2. The first-order valence-electron chi connectivity index (χ1n) is 8.08. The number of urea groups is 1. The van der Waals surface area contributed by atoms with E-state index >= 15 is 0 Å². The lowest BCUT2D eigenvalue weighted by Crippen LogP contribution is -2.19. The molecule has 0 radical (unpaired) electrons. The molecule has 0 fully saturated rings. The van der Waals surface area contributed by atoms with Gasteiger partial charge in [-0.2, -0.15) is 5.10 Å². The van der Waals surface area contributed by atoms with Gasteiger partial charge in [0.25, 0.3) is 0 Å². The van der Waals surface area contributed by atoms with E-state index in [0.29, 0.717) is 41.4 Å². The number of aromatic nitrogens is 2. The van der Waals surface area contributed by atoms with Gasteiger partial charge in [-0.15, -0.1) is 0 Å². The van der Waals surface area contributed by atoms with Gasteiger partial charge in [0.15, 0.2) is 5.82 Å². The van der Waals surface area contributed by atoms with Crippen molar-refractivity contribution in [3.63, 3.8) is 0 Å². The maximum absolute atomic E-state index is 12.2. The third-order valence-electron chi connectivity index (χ3n) is 3.64. The van der Waals surface area contributed by atoms with Gasteiger partial charge in [-0.1, -0.05) is 6.07 Å². The van der Waals surface area contributed by atoms with Crippen LogP contribution < -0.4 is 20.1 Å². The number of nitrogens with zero attached hydrogens (tertiary/aromatic N) is 1. The average molecular weight is 358 g/mol. The Morgan fingerprint density at radius 1 is 1.19 bits per heavy atom. The molecule has 0 unspecified atom stereocenters. The third-order valence-corrected chi connectivity index (χ3v) is 3.64. The lowest BCUT2D eigenvalue weighted by atomic mass is 10.2. The number of rotatable bonds is 7. The van der Waals surface area contributed by atoms with E-state index in [9.17, 15) is 9.18 Å². The molecule has 3 N–H and O–H groups in total. The zero-order valence-electron chi connectivity index (χ0n) is 14.2. The van der Waals surface area contributed by atoms with Crippen molar-refractivity contribution in [2.24, 2.45) is 0 Å². The number of hydrogen-bond acceptors (Lipinski definition) is 4. The highest BCUT2D eigenvalue weighted by molar-refractivity contribution is 6.04. The number of carbonyl (C=O) groups excluding carboxylic acids is 1. The highest BCUT2D eigenvalue weighted by Gasteiger charge is 2.11. The maximum Gasteiger partial charge on any atom is 0.324 e. The molecule has 1 heterocycles. The molecule has 7 nitrogen and oxygen atoms in total. The molecular weight excluding hydrogens is 339 g/mol. The van der Waals surface area contributed by atoms with Crippen LogP contribution in [-0.2, 0) is 0 Å². The summed E-state index contributed by atoms with van der Waals surface area (Å²) in [6, 6.07) is 11.9. The van der Waals surface area contributed by atoms with Crippen LogP contribution in [0.2, 0.25) is 0 Å². The van der Waals surface area contributed by atoms with Gasteiger partial charge in [0.2, 0.25) is 0 Å². The summed E-state index contributed by atoms with van der Waals surface area (Å²) in [6.45, 7) is -0.135. The summed E-state index contributed by atoms with van der Waals surface area (Å²) in [5.74, 6) is 1.60. The van der Waals surface area contributed by atoms with E-state index < -0.39 is 12.7 Å². The Kier molecular flexibility index (Phi) is 5.52. The van der Waals surface area contributed by atoms with Crippen molar-refractivity contribution in [2.45, 2.75) is 6.42 Å². The summed E-state index contributed by atoms with van der Waals surface area (Å²) < 4.78 is 22.8. The molecule has 0 spiro atoms. The fourth-order valence-corrected chi connectivity index (χ4v) is 2.39. The Morgan fingerprint density at radius 2 is 2.08 bits per heavy atom. The molecule has 0 aliphatic carbocycles. The number of aromatic amines is 1. The number of benzene rings is 2. The summed E-state index contributed by atoms with van der Waals surface area (Å²) in [5.41, 5.74) is 1.34. The van der Waals surface area contributed by atoms with Gasteiger partial charge in [-0.25, -0.2) is 4.79 Å². The van der Waals surface area contributed by atoms with Gasteiger partial charge in [0, 0.05) is 23.6 Å². The smallest absolute Gasteiger partial charge is 0.324 e. The lowest BCUT2D eigenvalue weighted by Gasteiger charge is -2.08. The molecular formula is C18H19FN4O3. The Morgan fingerprint density at radius 3 is 2.88 bits per heavy atom. The topological polar surface area (TPSA) is 88.3 Å². The second-order valence-corrected chi connectivity index (χ2v) is 5.48. The van der Waals surface area contributed by atoms with Crippen molar-refractivity contribution in [2.75, 3.05) is 31.0 Å². The van der Waals surface area contributed by atoms with E-state index in [1.54, 1.807) is 49.6 Å². The van der Waals surface area contributed by atoms with Crippen molar-refractivity contribution < 1.29 is 18.7 Å². The molecule has 136 valence electrons. The van der Waals surface area contributed by atoms with Crippen LogP contribution in [0.1, 0.15) is 6.42 Å². The molecule has 0 saturated heterocycles. The van der Waals surface area contributed by atoms with Crippen LogP contribution in [-0.4, -0.2) is 36.6 Å². The fourth-order valence-electron chi connectivity index (χ4n) is 2.39. The zero-order valence-corrected chi connectivity index (χ0v) is 14.2. The number of H-pyrrole nitrogens is 1. The second-order valence-electron chi connectivity index (χ2n) is 5.48. The summed E-state index contributed by atoms with van der Waals surface area (Å²) in [6.07, 6.45) is 0.331. The SMILES string of the molecule is COc1cccc(NC(=O)Nc2n[nH]c3ccc(OCCCF)cc23)c1. The first-order valence-corrected chi connectivity index (χ1v) is 8.08. The Hall–Kier alpha value is -3.29. The van der Waals surface area contributed by atoms with Gasteiger partial charge in [0.1, 0.15) is 11.5 Å². The molecule has 26 heavy (non-hydrogen) atoms. The van der Waals surface area contributed by atoms with E-state index in [1.807, 2.05) is 0 Å². The van der Waals surface area contributed by atoms with Crippen LogP contribution in [0.25, 0.3) is 10.9 Å². The molecule has 8 heteroatoms. The molecule has 1 aromatic heterocycles. The number of alkyl halides is 1. The first kappa shape index (κ1) is 17.5. The number of carbonyl (C=O) groups is 1. The zero-order chi connectivity index (χ0) is 18.4. The number of fused-ring (bicyclic) bond motifs is 1. The normalized spacial score (nSPS) is 10.5. The third kappa shape index (κ3) is 4.21. The molecule has 0 bridgehead atoms. The molecule has 2 aromatic carbocycles. The van der Waals surface area contributed by atoms with Gasteiger partial charge in [0.05, 0.1) is 25.9 Å². The van der Waals surface area contributed by atoms with Gasteiger partial charge in [-0.3, -0.25) is 14.8 Å². The summed E-state index contributed by atoms with van der Waals surface area (Å²) >= 11 is 0. The fraction of sp³-hybridized carbons (Fsp3) is 0.222.